The van der Waals surface area contributed by atoms with Crippen LogP contribution in [-0.2, 0) is 6.42 Å². The lowest BCUT2D eigenvalue weighted by atomic mass is 10.0. The Bertz CT molecular complexity index is 755. The Morgan fingerprint density at radius 2 is 2.25 bits per heavy atom. The number of nitriles is 1. The highest BCUT2D eigenvalue weighted by Crippen LogP contribution is 2.25. The maximum atomic E-state index is 9.27. The number of nitrogens with zero attached hydrogens (tertiary/aromatic N) is 4. The highest BCUT2D eigenvalue weighted by molar-refractivity contribution is 6.30. The third kappa shape index (κ3) is 3.77. The van der Waals surface area contributed by atoms with E-state index in [1.807, 2.05) is 6.07 Å². The predicted octanol–water partition coefficient (Wildman–Crippen LogP) is 3.64. The smallest absolute Gasteiger partial charge is 0.132 e. The minimum absolute atomic E-state index is 0.254. The highest BCUT2D eigenvalue weighted by atomic mass is 35.5. The van der Waals surface area contributed by atoms with E-state index in [0.29, 0.717) is 10.6 Å². The normalized spacial score (nSPS) is 17.4. The summed E-state index contributed by atoms with van der Waals surface area (Å²) in [6.45, 7) is 3.92. The van der Waals surface area contributed by atoms with Crippen molar-refractivity contribution >= 4 is 23.1 Å². The van der Waals surface area contributed by atoms with Crippen LogP contribution in [0.5, 0.6) is 0 Å². The van der Waals surface area contributed by atoms with Gasteiger partial charge in [0.05, 0.1) is 11.3 Å². The van der Waals surface area contributed by atoms with E-state index in [4.69, 9.17) is 11.6 Å². The van der Waals surface area contributed by atoms with Crippen LogP contribution in [0.15, 0.2) is 30.6 Å². The maximum Gasteiger partial charge on any atom is 0.132 e. The van der Waals surface area contributed by atoms with Crippen molar-refractivity contribution in [2.24, 2.45) is 0 Å². The van der Waals surface area contributed by atoms with E-state index in [1.54, 1.807) is 18.5 Å². The average molecular weight is 342 g/mol. The zero-order chi connectivity index (χ0) is 16.9. The molecule has 2 aromatic rings. The van der Waals surface area contributed by atoms with Crippen LogP contribution >= 0.6 is 11.6 Å². The van der Waals surface area contributed by atoms with Crippen LogP contribution in [-0.4, -0.2) is 29.1 Å². The lowest BCUT2D eigenvalue weighted by Crippen LogP contribution is -2.42. The predicted molar refractivity (Wildman–Crippen MR) is 96.4 cm³/mol. The van der Waals surface area contributed by atoms with Gasteiger partial charge in [0.15, 0.2) is 0 Å². The Balaban J connectivity index is 1.74. The van der Waals surface area contributed by atoms with E-state index in [1.165, 1.54) is 0 Å². The summed E-state index contributed by atoms with van der Waals surface area (Å²) in [5.74, 6) is 0.972. The van der Waals surface area contributed by atoms with Gasteiger partial charge >= 0.3 is 0 Å². The first kappa shape index (κ1) is 16.5. The third-order valence-electron chi connectivity index (χ3n) is 4.28. The number of halogens is 1. The van der Waals surface area contributed by atoms with Crippen molar-refractivity contribution in [2.75, 3.05) is 23.3 Å². The summed E-state index contributed by atoms with van der Waals surface area (Å²) in [6, 6.07) is 9.84. The number of anilines is 2. The summed E-state index contributed by atoms with van der Waals surface area (Å²) in [4.78, 5) is 11.0. The largest absolute Gasteiger partial charge is 0.379 e. The van der Waals surface area contributed by atoms with Crippen molar-refractivity contribution in [1.82, 2.24) is 9.97 Å². The first-order chi connectivity index (χ1) is 11.7. The molecule has 0 radical (unpaired) electrons. The fourth-order valence-corrected chi connectivity index (χ4v) is 3.18. The number of benzene rings is 1. The van der Waals surface area contributed by atoms with E-state index in [0.717, 1.165) is 49.6 Å². The molecule has 0 aliphatic carbocycles. The molecule has 1 N–H and O–H groups in total. The van der Waals surface area contributed by atoms with Gasteiger partial charge in [-0.3, -0.25) is 0 Å². The molecule has 0 spiro atoms. The lowest BCUT2D eigenvalue weighted by Gasteiger charge is -2.34. The van der Waals surface area contributed by atoms with Gasteiger partial charge in [-0.2, -0.15) is 5.26 Å². The number of rotatable bonds is 4. The van der Waals surface area contributed by atoms with Gasteiger partial charge in [0.2, 0.25) is 0 Å². The average Bonchev–Trinajstić information content (AvgIpc) is 2.62. The monoisotopic (exact) mass is 341 g/mol. The Hall–Kier alpha value is -2.32. The summed E-state index contributed by atoms with van der Waals surface area (Å²) in [5.41, 5.74) is 2.47. The highest BCUT2D eigenvalue weighted by Gasteiger charge is 2.22. The summed E-state index contributed by atoms with van der Waals surface area (Å²) in [5, 5.41) is 13.4. The second-order valence-corrected chi connectivity index (χ2v) is 6.39. The van der Waals surface area contributed by atoms with Crippen molar-refractivity contribution in [3.63, 3.8) is 0 Å². The molecular formula is C18H20ClN5. The van der Waals surface area contributed by atoms with Gasteiger partial charge in [-0.25, -0.2) is 9.97 Å². The van der Waals surface area contributed by atoms with E-state index in [2.05, 4.69) is 39.2 Å². The molecule has 0 saturated carbocycles. The van der Waals surface area contributed by atoms with E-state index in [9.17, 15) is 5.26 Å². The fraction of sp³-hybridized carbons (Fsp3) is 0.389. The van der Waals surface area contributed by atoms with Crippen LogP contribution in [0.4, 0.5) is 11.5 Å². The lowest BCUT2D eigenvalue weighted by molar-refractivity contribution is 0.526. The first-order valence-corrected chi connectivity index (χ1v) is 8.59. The molecule has 1 atom stereocenters. The topological polar surface area (TPSA) is 64.8 Å². The Morgan fingerprint density at radius 1 is 1.38 bits per heavy atom. The molecule has 24 heavy (non-hydrogen) atoms. The molecule has 124 valence electrons. The van der Waals surface area contributed by atoms with Crippen molar-refractivity contribution in [3.05, 3.63) is 46.9 Å². The SMILES string of the molecule is CCc1cc(N2CCCC(Nc3cc(Cl)ccc3C#N)C2)ncn1. The van der Waals surface area contributed by atoms with Gasteiger partial charge in [0, 0.05) is 35.9 Å². The standard InChI is InChI=1S/C18H20ClN5/c1-2-15-9-18(22-12-21-15)24-7-3-4-16(11-24)23-17-8-14(19)6-5-13(17)10-20/h5-6,8-9,12,16,23H,2-4,7,11H2,1H3. The third-order valence-corrected chi connectivity index (χ3v) is 4.51. The van der Waals surface area contributed by atoms with Crippen molar-refractivity contribution < 1.29 is 0 Å². The van der Waals surface area contributed by atoms with Crippen molar-refractivity contribution in [1.29, 1.82) is 5.26 Å². The molecule has 1 unspecified atom stereocenters. The van der Waals surface area contributed by atoms with Gasteiger partial charge in [0.1, 0.15) is 18.2 Å². The molecule has 0 bridgehead atoms. The van der Waals surface area contributed by atoms with Gasteiger partial charge in [-0.15, -0.1) is 0 Å². The summed E-state index contributed by atoms with van der Waals surface area (Å²) < 4.78 is 0. The minimum Gasteiger partial charge on any atom is -0.379 e. The number of aromatic nitrogens is 2. The van der Waals surface area contributed by atoms with Crippen LogP contribution in [0.1, 0.15) is 31.0 Å². The molecule has 2 heterocycles. The minimum atomic E-state index is 0.254. The summed E-state index contributed by atoms with van der Waals surface area (Å²) in [6.07, 6.45) is 4.67. The molecule has 1 aromatic carbocycles. The van der Waals surface area contributed by atoms with E-state index >= 15 is 0 Å². The number of hydrogen-bond donors (Lipinski definition) is 1. The molecule has 6 heteroatoms. The Kier molecular flexibility index (Phi) is 5.17. The fourth-order valence-electron chi connectivity index (χ4n) is 3.01. The maximum absolute atomic E-state index is 9.27. The number of hydrogen-bond acceptors (Lipinski definition) is 5. The Labute approximate surface area is 147 Å². The molecule has 3 rings (SSSR count). The molecule has 1 aromatic heterocycles. The quantitative estimate of drug-likeness (QED) is 0.919. The molecular weight excluding hydrogens is 322 g/mol. The van der Waals surface area contributed by atoms with Crippen LogP contribution in [0.2, 0.25) is 5.02 Å². The van der Waals surface area contributed by atoms with Gasteiger partial charge in [-0.1, -0.05) is 18.5 Å². The van der Waals surface area contributed by atoms with Gasteiger partial charge in [0.25, 0.3) is 0 Å². The van der Waals surface area contributed by atoms with Crippen molar-refractivity contribution in [3.8, 4) is 6.07 Å². The summed E-state index contributed by atoms with van der Waals surface area (Å²) in [7, 11) is 0. The number of aryl methyl sites for hydroxylation is 1. The Morgan fingerprint density at radius 3 is 3.04 bits per heavy atom. The molecule has 1 saturated heterocycles. The first-order valence-electron chi connectivity index (χ1n) is 8.21. The molecule has 5 nitrogen and oxygen atoms in total. The molecule has 0 amide bonds. The molecule has 1 aliphatic heterocycles. The van der Waals surface area contributed by atoms with Gasteiger partial charge < -0.3 is 10.2 Å². The van der Waals surface area contributed by atoms with Crippen LogP contribution in [0, 0.1) is 11.3 Å². The van der Waals surface area contributed by atoms with Crippen LogP contribution in [0.3, 0.4) is 0 Å². The number of piperidine rings is 1. The zero-order valence-corrected chi connectivity index (χ0v) is 14.4. The second kappa shape index (κ2) is 7.50. The van der Waals surface area contributed by atoms with Crippen molar-refractivity contribution in [2.45, 2.75) is 32.2 Å². The van der Waals surface area contributed by atoms with Crippen LogP contribution < -0.4 is 10.2 Å². The number of nitrogens with one attached hydrogen (secondary N) is 1. The molecule has 1 aliphatic rings. The van der Waals surface area contributed by atoms with Crippen LogP contribution in [0.25, 0.3) is 0 Å². The molecule has 1 fully saturated rings. The second-order valence-electron chi connectivity index (χ2n) is 5.95. The van der Waals surface area contributed by atoms with E-state index in [-0.39, 0.29) is 6.04 Å². The van der Waals surface area contributed by atoms with E-state index < -0.39 is 0 Å². The van der Waals surface area contributed by atoms with Gasteiger partial charge in [-0.05, 0) is 37.5 Å². The summed E-state index contributed by atoms with van der Waals surface area (Å²) >= 11 is 6.07. The zero-order valence-electron chi connectivity index (χ0n) is 13.7.